The second kappa shape index (κ2) is 14.9. The first-order valence-electron chi connectivity index (χ1n) is 16.3. The standard InChI is InChI=1S/C37H34N10O6S2/c1-20-4-6-28(17-21(20)2)43-45-35-22(3)16-23-18-32(55(51,52)53)36(37(48)33(23)34(35)40)46-42-26-11-13-29(14-12-26)54(49,50)47-27-9-7-25(8-10-27)41-44-31-15-5-24(38)19-30(31)39/h4-19,47-48H,38-40H2,1-3H3,(H,51,52,53). The van der Waals surface area contributed by atoms with Crippen molar-refractivity contribution in [1.29, 1.82) is 0 Å². The molecule has 6 aromatic carbocycles. The maximum atomic E-state index is 13.1. The molecule has 0 aliphatic carbocycles. The van der Waals surface area contributed by atoms with Gasteiger partial charge in [-0.25, -0.2) is 8.42 Å². The Kier molecular flexibility index (Phi) is 10.3. The van der Waals surface area contributed by atoms with Crippen molar-refractivity contribution in [1.82, 2.24) is 0 Å². The Morgan fingerprint density at radius 1 is 0.600 bits per heavy atom. The number of aryl methyl sites for hydroxylation is 3. The van der Waals surface area contributed by atoms with Gasteiger partial charge >= 0.3 is 0 Å². The summed E-state index contributed by atoms with van der Waals surface area (Å²) < 4.78 is 63.7. The van der Waals surface area contributed by atoms with E-state index in [4.69, 9.17) is 17.2 Å². The molecule has 18 heteroatoms. The molecule has 0 amide bonds. The van der Waals surface area contributed by atoms with Gasteiger partial charge in [0.25, 0.3) is 20.1 Å². The van der Waals surface area contributed by atoms with Crippen molar-refractivity contribution in [3.63, 3.8) is 0 Å². The number of sulfonamides is 1. The van der Waals surface area contributed by atoms with Gasteiger partial charge in [0.05, 0.1) is 38.7 Å². The van der Waals surface area contributed by atoms with Crippen LogP contribution in [0, 0.1) is 20.8 Å². The average Bonchev–Trinajstić information content (AvgIpc) is 3.12. The molecule has 9 N–H and O–H groups in total. The number of phenolic OH excluding ortho intramolecular Hbond substituents is 1. The summed E-state index contributed by atoms with van der Waals surface area (Å²) in [5, 5.41) is 36.3. The van der Waals surface area contributed by atoms with E-state index in [-0.39, 0.29) is 38.4 Å². The molecular formula is C37H34N10O6S2. The van der Waals surface area contributed by atoms with E-state index in [1.54, 1.807) is 49.4 Å². The number of nitrogen functional groups attached to an aromatic ring is 3. The predicted molar refractivity (Wildman–Crippen MR) is 212 cm³/mol. The molecule has 0 saturated carbocycles. The Labute approximate surface area is 316 Å². The Bertz CT molecular complexity index is 2790. The zero-order valence-electron chi connectivity index (χ0n) is 29.5. The molecule has 0 aromatic heterocycles. The topological polar surface area (TPSA) is 273 Å². The normalized spacial score (nSPS) is 12.4. The summed E-state index contributed by atoms with van der Waals surface area (Å²) in [6.45, 7) is 5.60. The van der Waals surface area contributed by atoms with Crippen LogP contribution in [0.25, 0.3) is 10.8 Å². The van der Waals surface area contributed by atoms with Crippen LogP contribution in [0.2, 0.25) is 0 Å². The highest BCUT2D eigenvalue weighted by Gasteiger charge is 2.25. The molecule has 0 unspecified atom stereocenters. The number of aromatic hydroxyl groups is 1. The lowest BCUT2D eigenvalue weighted by Crippen LogP contribution is -2.12. The summed E-state index contributed by atoms with van der Waals surface area (Å²) in [7, 11) is -8.98. The number of nitrogens with two attached hydrogens (primary N) is 3. The van der Waals surface area contributed by atoms with Gasteiger partial charge in [-0.2, -0.15) is 23.8 Å². The molecule has 0 bridgehead atoms. The lowest BCUT2D eigenvalue weighted by molar-refractivity contribution is 0.472. The summed E-state index contributed by atoms with van der Waals surface area (Å²) in [5.41, 5.74) is 23.0. The minimum atomic E-state index is -4.92. The first-order valence-corrected chi connectivity index (χ1v) is 19.2. The summed E-state index contributed by atoms with van der Waals surface area (Å²) in [4.78, 5) is -0.846. The summed E-state index contributed by atoms with van der Waals surface area (Å²) in [6, 6.07) is 24.3. The third-order valence-corrected chi connectivity index (χ3v) is 10.7. The van der Waals surface area contributed by atoms with Crippen molar-refractivity contribution in [2.45, 2.75) is 30.6 Å². The van der Waals surface area contributed by atoms with Crippen molar-refractivity contribution < 1.29 is 26.5 Å². The lowest BCUT2D eigenvalue weighted by atomic mass is 10.0. The molecule has 0 fully saturated rings. The summed E-state index contributed by atoms with van der Waals surface area (Å²) in [5.74, 6) is -0.681. The van der Waals surface area contributed by atoms with Crippen molar-refractivity contribution in [3.8, 4) is 5.75 Å². The van der Waals surface area contributed by atoms with Gasteiger partial charge in [0.2, 0.25) is 0 Å². The summed E-state index contributed by atoms with van der Waals surface area (Å²) in [6.07, 6.45) is 0. The van der Waals surface area contributed by atoms with E-state index >= 15 is 0 Å². The van der Waals surface area contributed by atoms with Gasteiger partial charge < -0.3 is 22.3 Å². The van der Waals surface area contributed by atoms with E-state index in [1.807, 2.05) is 26.0 Å². The van der Waals surface area contributed by atoms with Crippen molar-refractivity contribution in [2.75, 3.05) is 21.9 Å². The molecule has 280 valence electrons. The van der Waals surface area contributed by atoms with Crippen LogP contribution < -0.4 is 21.9 Å². The molecule has 0 aliphatic heterocycles. The van der Waals surface area contributed by atoms with Crippen LogP contribution in [0.15, 0.2) is 138 Å². The van der Waals surface area contributed by atoms with E-state index < -0.39 is 36.5 Å². The lowest BCUT2D eigenvalue weighted by Gasteiger charge is -2.13. The first kappa shape index (κ1) is 38.0. The van der Waals surface area contributed by atoms with Crippen LogP contribution in [-0.2, 0) is 20.1 Å². The number of anilines is 4. The van der Waals surface area contributed by atoms with Gasteiger partial charge in [0, 0.05) is 11.4 Å². The molecular weight excluding hydrogens is 745 g/mol. The van der Waals surface area contributed by atoms with Crippen LogP contribution in [0.4, 0.5) is 56.9 Å². The van der Waals surface area contributed by atoms with E-state index in [9.17, 15) is 26.5 Å². The maximum absolute atomic E-state index is 13.1. The zero-order valence-corrected chi connectivity index (χ0v) is 31.1. The second-order valence-electron chi connectivity index (χ2n) is 12.4. The molecule has 0 aliphatic rings. The van der Waals surface area contributed by atoms with Crippen LogP contribution in [0.1, 0.15) is 16.7 Å². The van der Waals surface area contributed by atoms with Gasteiger partial charge in [-0.15, -0.1) is 15.3 Å². The molecule has 0 heterocycles. The third kappa shape index (κ3) is 8.41. The van der Waals surface area contributed by atoms with Crippen LogP contribution in [-0.4, -0.2) is 26.5 Å². The Hall–Kier alpha value is -6.76. The first-order chi connectivity index (χ1) is 26.0. The van der Waals surface area contributed by atoms with Crippen LogP contribution in [0.5, 0.6) is 5.75 Å². The number of fused-ring (bicyclic) bond motifs is 1. The van der Waals surface area contributed by atoms with Gasteiger partial charge in [0.1, 0.15) is 22.0 Å². The Morgan fingerprint density at radius 2 is 1.20 bits per heavy atom. The fraction of sp³-hybridized carbons (Fsp3) is 0.0811. The molecule has 16 nitrogen and oxygen atoms in total. The largest absolute Gasteiger partial charge is 0.505 e. The van der Waals surface area contributed by atoms with E-state index in [0.717, 1.165) is 17.2 Å². The molecule has 0 atom stereocenters. The number of benzene rings is 6. The summed E-state index contributed by atoms with van der Waals surface area (Å²) >= 11 is 0. The van der Waals surface area contributed by atoms with Crippen molar-refractivity contribution in [2.24, 2.45) is 30.7 Å². The zero-order chi connectivity index (χ0) is 39.7. The minimum Gasteiger partial charge on any atom is -0.505 e. The van der Waals surface area contributed by atoms with Crippen molar-refractivity contribution >= 4 is 87.8 Å². The monoisotopic (exact) mass is 778 g/mol. The molecule has 55 heavy (non-hydrogen) atoms. The number of nitrogens with one attached hydrogen (secondary N) is 1. The average molecular weight is 779 g/mol. The third-order valence-electron chi connectivity index (χ3n) is 8.43. The molecule has 0 saturated heterocycles. The van der Waals surface area contributed by atoms with E-state index in [0.29, 0.717) is 34.0 Å². The molecule has 6 aromatic rings. The van der Waals surface area contributed by atoms with Gasteiger partial charge in [0.15, 0.2) is 5.75 Å². The molecule has 0 spiro atoms. The minimum absolute atomic E-state index is 0.0103. The number of hydrogen-bond acceptors (Lipinski definition) is 14. The predicted octanol–water partition coefficient (Wildman–Crippen LogP) is 9.51. The number of nitrogens with zero attached hydrogens (tertiary/aromatic N) is 6. The second-order valence-corrected chi connectivity index (χ2v) is 15.5. The van der Waals surface area contributed by atoms with Gasteiger partial charge in [-0.1, -0.05) is 6.07 Å². The highest BCUT2D eigenvalue weighted by atomic mass is 32.2. The van der Waals surface area contributed by atoms with E-state index in [2.05, 4.69) is 35.4 Å². The quantitative estimate of drug-likeness (QED) is 0.0438. The van der Waals surface area contributed by atoms with Crippen LogP contribution in [0.3, 0.4) is 0 Å². The maximum Gasteiger partial charge on any atom is 0.296 e. The van der Waals surface area contributed by atoms with E-state index in [1.165, 1.54) is 36.4 Å². The molecule has 0 radical (unpaired) electrons. The Morgan fingerprint density at radius 3 is 1.84 bits per heavy atom. The highest BCUT2D eigenvalue weighted by molar-refractivity contribution is 7.92. The van der Waals surface area contributed by atoms with Gasteiger partial charge in [-0.3, -0.25) is 9.27 Å². The Balaban J connectivity index is 1.24. The smallest absolute Gasteiger partial charge is 0.296 e. The van der Waals surface area contributed by atoms with Gasteiger partial charge in [-0.05, 0) is 134 Å². The SMILES string of the molecule is Cc1ccc(N=Nc2c(C)cc3cc(S(=O)(=O)O)c(N=Nc4ccc(S(=O)(=O)Nc5ccc(N=Nc6ccc(N)cc6N)cc5)cc4)c(O)c3c2N)cc1C. The van der Waals surface area contributed by atoms with Crippen LogP contribution >= 0.6 is 0 Å². The van der Waals surface area contributed by atoms with Crippen molar-refractivity contribution in [3.05, 3.63) is 114 Å². The number of azo groups is 3. The fourth-order valence-electron chi connectivity index (χ4n) is 5.39. The number of hydrogen-bond donors (Lipinski definition) is 6. The number of phenols is 1. The number of rotatable bonds is 10. The molecule has 6 rings (SSSR count). The highest BCUT2D eigenvalue weighted by Crippen LogP contribution is 2.47. The fourth-order valence-corrected chi connectivity index (χ4v) is 7.11.